The molecule has 0 saturated heterocycles. The fourth-order valence-corrected chi connectivity index (χ4v) is 3.88. The van der Waals surface area contributed by atoms with E-state index in [1.165, 1.54) is 7.11 Å². The van der Waals surface area contributed by atoms with Gasteiger partial charge in [0.1, 0.15) is 11.2 Å². The highest BCUT2D eigenvalue weighted by Gasteiger charge is 2.54. The molecule has 1 aliphatic carbocycles. The van der Waals surface area contributed by atoms with Gasteiger partial charge in [0.05, 0.1) is 14.2 Å². The van der Waals surface area contributed by atoms with Gasteiger partial charge in [0, 0.05) is 11.5 Å². The van der Waals surface area contributed by atoms with Crippen molar-refractivity contribution in [3.05, 3.63) is 77.9 Å². The molecule has 0 heterocycles. The van der Waals surface area contributed by atoms with Gasteiger partial charge in [-0.05, 0) is 36.1 Å². The number of carbonyl (C=O) groups excluding carboxylic acids is 2. The molecule has 0 N–H and O–H groups in total. The number of hydrogen-bond acceptors (Lipinski definition) is 4. The number of benzene rings is 2. The lowest BCUT2D eigenvalue weighted by Crippen LogP contribution is -2.47. The van der Waals surface area contributed by atoms with Gasteiger partial charge in [-0.15, -0.1) is 6.58 Å². The number of Topliss-reactive ketones (excluding diaryl/α,β-unsaturated/α-hetero) is 1. The van der Waals surface area contributed by atoms with E-state index >= 15 is 0 Å². The van der Waals surface area contributed by atoms with Gasteiger partial charge in [0.2, 0.25) is 0 Å². The quantitative estimate of drug-likeness (QED) is 0.465. The molecule has 1 aliphatic rings. The zero-order valence-corrected chi connectivity index (χ0v) is 15.0. The zero-order valence-electron chi connectivity index (χ0n) is 15.0. The number of ketones is 1. The summed E-state index contributed by atoms with van der Waals surface area (Å²) in [5.74, 6) is -0.490. The van der Waals surface area contributed by atoms with Crippen LogP contribution in [0.1, 0.15) is 33.8 Å². The molecule has 4 heteroatoms. The zero-order chi connectivity index (χ0) is 18.7. The largest absolute Gasteiger partial charge is 0.497 e. The predicted octanol–water partition coefficient (Wildman–Crippen LogP) is 3.95. The molecule has 2 aromatic rings. The van der Waals surface area contributed by atoms with Crippen LogP contribution >= 0.6 is 0 Å². The summed E-state index contributed by atoms with van der Waals surface area (Å²) < 4.78 is 10.3. The minimum atomic E-state index is -1.31. The van der Waals surface area contributed by atoms with E-state index in [2.05, 4.69) is 6.58 Å². The van der Waals surface area contributed by atoms with E-state index in [9.17, 15) is 9.59 Å². The molecule has 0 bridgehead atoms. The van der Waals surface area contributed by atoms with Crippen molar-refractivity contribution in [3.8, 4) is 5.75 Å². The molecule has 0 saturated carbocycles. The van der Waals surface area contributed by atoms with Gasteiger partial charge in [-0.1, -0.05) is 42.5 Å². The Hall–Kier alpha value is -2.88. The Bertz CT molecular complexity index is 837. The third-order valence-corrected chi connectivity index (χ3v) is 5.25. The molecule has 3 rings (SSSR count). The summed E-state index contributed by atoms with van der Waals surface area (Å²) in [5.41, 5.74) is 1.08. The standard InChI is InChI=1S/C22H22O4/c1-4-19(16-9-11-17(25-2)12-10-16)22(21(24)26-3)14-13-15-7-5-6-8-18(15)20(22)23/h4-12,19H,1,13-14H2,2-3H3/t19?,22-/m1/s1. The van der Waals surface area contributed by atoms with Crippen molar-refractivity contribution in [2.45, 2.75) is 18.8 Å². The van der Waals surface area contributed by atoms with Crippen molar-refractivity contribution >= 4 is 11.8 Å². The first-order chi connectivity index (χ1) is 12.6. The molecule has 0 amide bonds. The van der Waals surface area contributed by atoms with Crippen LogP contribution in [0.15, 0.2) is 61.2 Å². The molecule has 0 aliphatic heterocycles. The van der Waals surface area contributed by atoms with Crippen LogP contribution in [0.3, 0.4) is 0 Å². The minimum Gasteiger partial charge on any atom is -0.497 e. The lowest BCUT2D eigenvalue weighted by molar-refractivity contribution is -0.151. The Labute approximate surface area is 153 Å². The third-order valence-electron chi connectivity index (χ3n) is 5.25. The molecule has 0 radical (unpaired) electrons. The Kier molecular flexibility index (Phi) is 4.94. The highest BCUT2D eigenvalue weighted by molar-refractivity contribution is 6.15. The van der Waals surface area contributed by atoms with E-state index < -0.39 is 17.3 Å². The van der Waals surface area contributed by atoms with Crippen LogP contribution in [0, 0.1) is 5.41 Å². The Morgan fingerprint density at radius 1 is 1.15 bits per heavy atom. The molecule has 0 spiro atoms. The van der Waals surface area contributed by atoms with Crippen LogP contribution in [0.4, 0.5) is 0 Å². The topological polar surface area (TPSA) is 52.6 Å². The monoisotopic (exact) mass is 350 g/mol. The van der Waals surface area contributed by atoms with Crippen molar-refractivity contribution in [2.24, 2.45) is 5.41 Å². The second-order valence-electron chi connectivity index (χ2n) is 6.44. The van der Waals surface area contributed by atoms with E-state index in [0.717, 1.165) is 11.1 Å². The van der Waals surface area contributed by atoms with E-state index in [0.29, 0.717) is 24.2 Å². The molecular formula is C22H22O4. The Morgan fingerprint density at radius 2 is 1.85 bits per heavy atom. The van der Waals surface area contributed by atoms with Gasteiger partial charge >= 0.3 is 5.97 Å². The Morgan fingerprint density at radius 3 is 2.46 bits per heavy atom. The van der Waals surface area contributed by atoms with Crippen LogP contribution in [-0.2, 0) is 16.0 Å². The summed E-state index contributed by atoms with van der Waals surface area (Å²) in [6, 6.07) is 14.8. The number of ether oxygens (including phenoxy) is 2. The van der Waals surface area contributed by atoms with Crippen LogP contribution in [0.2, 0.25) is 0 Å². The molecule has 2 aromatic carbocycles. The van der Waals surface area contributed by atoms with Gasteiger partial charge in [-0.3, -0.25) is 9.59 Å². The maximum absolute atomic E-state index is 13.5. The first kappa shape index (κ1) is 17.9. The molecule has 2 atom stereocenters. The molecular weight excluding hydrogens is 328 g/mol. The van der Waals surface area contributed by atoms with Crippen LogP contribution in [0.5, 0.6) is 5.75 Å². The van der Waals surface area contributed by atoms with Gasteiger partial charge in [0.15, 0.2) is 5.78 Å². The second-order valence-corrected chi connectivity index (χ2v) is 6.44. The van der Waals surface area contributed by atoms with Crippen LogP contribution in [-0.4, -0.2) is 26.0 Å². The van der Waals surface area contributed by atoms with Gasteiger partial charge < -0.3 is 9.47 Å². The number of allylic oxidation sites excluding steroid dienone is 1. The average Bonchev–Trinajstić information content (AvgIpc) is 2.70. The molecule has 4 nitrogen and oxygen atoms in total. The number of hydrogen-bond donors (Lipinski definition) is 0. The summed E-state index contributed by atoms with van der Waals surface area (Å²) >= 11 is 0. The number of carbonyl (C=O) groups is 2. The van der Waals surface area contributed by atoms with Gasteiger partial charge in [-0.2, -0.15) is 0 Å². The predicted molar refractivity (Wildman–Crippen MR) is 99.5 cm³/mol. The van der Waals surface area contributed by atoms with Gasteiger partial charge in [0.25, 0.3) is 0 Å². The highest BCUT2D eigenvalue weighted by atomic mass is 16.5. The second kappa shape index (κ2) is 7.16. The SMILES string of the molecule is C=CC(c1ccc(OC)cc1)[C@]1(C(=O)OC)CCc2ccccc2C1=O. The van der Waals surface area contributed by atoms with E-state index in [1.54, 1.807) is 19.3 Å². The molecule has 1 unspecified atom stereocenters. The normalized spacial score (nSPS) is 20.0. The molecule has 134 valence electrons. The Balaban J connectivity index is 2.14. The molecule has 0 aromatic heterocycles. The first-order valence-corrected chi connectivity index (χ1v) is 8.56. The van der Waals surface area contributed by atoms with Crippen molar-refractivity contribution in [1.82, 2.24) is 0 Å². The third kappa shape index (κ3) is 2.71. The lowest BCUT2D eigenvalue weighted by atomic mass is 9.61. The van der Waals surface area contributed by atoms with Crippen molar-refractivity contribution in [1.29, 1.82) is 0 Å². The average molecular weight is 350 g/mol. The summed E-state index contributed by atoms with van der Waals surface area (Å²) in [7, 11) is 2.92. The maximum atomic E-state index is 13.5. The van der Waals surface area contributed by atoms with E-state index in [1.807, 2.05) is 42.5 Å². The van der Waals surface area contributed by atoms with Crippen molar-refractivity contribution in [2.75, 3.05) is 14.2 Å². The van der Waals surface area contributed by atoms with Gasteiger partial charge in [-0.25, -0.2) is 0 Å². The summed E-state index contributed by atoms with van der Waals surface area (Å²) in [6.45, 7) is 3.92. The fourth-order valence-electron chi connectivity index (χ4n) is 3.88. The van der Waals surface area contributed by atoms with E-state index in [-0.39, 0.29) is 5.78 Å². The summed E-state index contributed by atoms with van der Waals surface area (Å²) in [5, 5.41) is 0. The summed E-state index contributed by atoms with van der Waals surface area (Å²) in [6.07, 6.45) is 2.69. The maximum Gasteiger partial charge on any atom is 0.320 e. The number of esters is 1. The molecule has 0 fully saturated rings. The van der Waals surface area contributed by atoms with Crippen molar-refractivity contribution in [3.63, 3.8) is 0 Å². The number of aryl methyl sites for hydroxylation is 1. The summed E-state index contributed by atoms with van der Waals surface area (Å²) in [4.78, 5) is 26.4. The smallest absolute Gasteiger partial charge is 0.320 e. The number of methoxy groups -OCH3 is 2. The lowest BCUT2D eigenvalue weighted by Gasteiger charge is -2.39. The highest BCUT2D eigenvalue weighted by Crippen LogP contribution is 2.47. The number of fused-ring (bicyclic) bond motifs is 1. The number of rotatable bonds is 5. The first-order valence-electron chi connectivity index (χ1n) is 8.56. The fraction of sp³-hybridized carbons (Fsp3) is 0.273. The minimum absolute atomic E-state index is 0.202. The van der Waals surface area contributed by atoms with Crippen LogP contribution < -0.4 is 4.74 Å². The van der Waals surface area contributed by atoms with Crippen molar-refractivity contribution < 1.29 is 19.1 Å². The molecule has 26 heavy (non-hydrogen) atoms. The van der Waals surface area contributed by atoms with Crippen LogP contribution in [0.25, 0.3) is 0 Å². The van der Waals surface area contributed by atoms with E-state index in [4.69, 9.17) is 9.47 Å².